The van der Waals surface area contributed by atoms with Crippen LogP contribution in [0, 0.1) is 0 Å². The van der Waals surface area contributed by atoms with E-state index >= 15 is 0 Å². The van der Waals surface area contributed by atoms with Crippen LogP contribution < -0.4 is 4.74 Å². The lowest BCUT2D eigenvalue weighted by Gasteiger charge is -2.08. The number of methoxy groups -OCH3 is 1. The molecular formula is C15H13ClN2O. The number of rotatable bonds is 3. The van der Waals surface area contributed by atoms with E-state index in [1.165, 1.54) is 0 Å². The topological polar surface area (TPSA) is 26.5 Å². The Morgan fingerprint density at radius 1 is 1.16 bits per heavy atom. The SMILES string of the molecule is COc1cccc2cnc(Cc3ccccc3Cl)n12. The molecule has 19 heavy (non-hydrogen) atoms. The Bertz CT molecular complexity index is 721. The Labute approximate surface area is 116 Å². The quantitative estimate of drug-likeness (QED) is 0.728. The molecule has 3 nitrogen and oxygen atoms in total. The lowest BCUT2D eigenvalue weighted by Crippen LogP contribution is -2.00. The van der Waals surface area contributed by atoms with Crippen molar-refractivity contribution in [2.75, 3.05) is 7.11 Å². The molecule has 0 radical (unpaired) electrons. The highest BCUT2D eigenvalue weighted by atomic mass is 35.5. The van der Waals surface area contributed by atoms with Gasteiger partial charge < -0.3 is 4.74 Å². The Hall–Kier alpha value is -2.00. The van der Waals surface area contributed by atoms with Crippen molar-refractivity contribution in [1.82, 2.24) is 9.38 Å². The Kier molecular flexibility index (Phi) is 3.13. The summed E-state index contributed by atoms with van der Waals surface area (Å²) in [6.07, 6.45) is 2.52. The molecule has 2 heterocycles. The zero-order chi connectivity index (χ0) is 13.2. The van der Waals surface area contributed by atoms with Crippen molar-refractivity contribution in [2.45, 2.75) is 6.42 Å². The van der Waals surface area contributed by atoms with Gasteiger partial charge in [0.1, 0.15) is 5.82 Å². The van der Waals surface area contributed by atoms with Crippen molar-refractivity contribution in [3.05, 3.63) is 65.1 Å². The molecule has 96 valence electrons. The second-order valence-corrected chi connectivity index (χ2v) is 4.68. The summed E-state index contributed by atoms with van der Waals surface area (Å²) in [6, 6.07) is 13.7. The number of benzene rings is 1. The first-order valence-corrected chi connectivity index (χ1v) is 6.40. The summed E-state index contributed by atoms with van der Waals surface area (Å²) in [6.45, 7) is 0. The predicted octanol–water partition coefficient (Wildman–Crippen LogP) is 3.59. The summed E-state index contributed by atoms with van der Waals surface area (Å²) in [5, 5.41) is 0.758. The minimum absolute atomic E-state index is 0.675. The van der Waals surface area contributed by atoms with Gasteiger partial charge in [-0.1, -0.05) is 35.9 Å². The van der Waals surface area contributed by atoms with Crippen LogP contribution in [0.15, 0.2) is 48.7 Å². The van der Waals surface area contributed by atoms with Gasteiger partial charge >= 0.3 is 0 Å². The normalized spacial score (nSPS) is 10.8. The third-order valence-corrected chi connectivity index (χ3v) is 3.47. The summed E-state index contributed by atoms with van der Waals surface area (Å²) in [5.74, 6) is 1.69. The number of pyridine rings is 1. The minimum Gasteiger partial charge on any atom is -0.482 e. The molecule has 0 N–H and O–H groups in total. The van der Waals surface area contributed by atoms with Gasteiger partial charge in [-0.3, -0.25) is 4.40 Å². The summed E-state index contributed by atoms with van der Waals surface area (Å²) in [5.41, 5.74) is 2.07. The van der Waals surface area contributed by atoms with Crippen molar-refractivity contribution in [3.8, 4) is 5.88 Å². The van der Waals surface area contributed by atoms with E-state index in [0.717, 1.165) is 27.8 Å². The van der Waals surface area contributed by atoms with Crippen LogP contribution in [0.2, 0.25) is 5.02 Å². The lowest BCUT2D eigenvalue weighted by atomic mass is 10.1. The summed E-state index contributed by atoms with van der Waals surface area (Å²) in [4.78, 5) is 4.46. The number of ether oxygens (including phenoxy) is 1. The molecule has 0 atom stereocenters. The first kappa shape index (κ1) is 12.1. The fraction of sp³-hybridized carbons (Fsp3) is 0.133. The molecule has 4 heteroatoms. The highest BCUT2D eigenvalue weighted by Crippen LogP contribution is 2.22. The van der Waals surface area contributed by atoms with Crippen molar-refractivity contribution < 1.29 is 4.74 Å². The second-order valence-electron chi connectivity index (χ2n) is 4.27. The summed E-state index contributed by atoms with van der Waals surface area (Å²) in [7, 11) is 1.66. The molecule has 0 aliphatic heterocycles. The second kappa shape index (κ2) is 4.94. The molecule has 0 unspecified atom stereocenters. The zero-order valence-electron chi connectivity index (χ0n) is 10.5. The van der Waals surface area contributed by atoms with Gasteiger partial charge in [0.2, 0.25) is 0 Å². The smallest absolute Gasteiger partial charge is 0.199 e. The maximum Gasteiger partial charge on any atom is 0.199 e. The number of fused-ring (bicyclic) bond motifs is 1. The lowest BCUT2D eigenvalue weighted by molar-refractivity contribution is 0.390. The molecule has 0 saturated heterocycles. The van der Waals surface area contributed by atoms with Gasteiger partial charge in [0, 0.05) is 11.4 Å². The van der Waals surface area contributed by atoms with Gasteiger partial charge in [0.25, 0.3) is 0 Å². The highest BCUT2D eigenvalue weighted by molar-refractivity contribution is 6.31. The number of hydrogen-bond donors (Lipinski definition) is 0. The number of aromatic nitrogens is 2. The first-order chi connectivity index (χ1) is 9.29. The molecular weight excluding hydrogens is 260 g/mol. The van der Waals surface area contributed by atoms with Crippen molar-refractivity contribution in [3.63, 3.8) is 0 Å². The summed E-state index contributed by atoms with van der Waals surface area (Å²) >= 11 is 6.20. The minimum atomic E-state index is 0.675. The van der Waals surface area contributed by atoms with Crippen LogP contribution in [-0.2, 0) is 6.42 Å². The Morgan fingerprint density at radius 3 is 2.79 bits per heavy atom. The predicted molar refractivity (Wildman–Crippen MR) is 76.0 cm³/mol. The van der Waals surface area contributed by atoms with Crippen LogP contribution in [0.3, 0.4) is 0 Å². The van der Waals surface area contributed by atoms with Gasteiger partial charge in [-0.25, -0.2) is 4.98 Å². The van der Waals surface area contributed by atoms with E-state index in [9.17, 15) is 0 Å². The van der Waals surface area contributed by atoms with E-state index in [0.29, 0.717) is 6.42 Å². The van der Waals surface area contributed by atoms with Crippen LogP contribution in [0.5, 0.6) is 5.88 Å². The van der Waals surface area contributed by atoms with E-state index in [4.69, 9.17) is 16.3 Å². The molecule has 0 saturated carbocycles. The van der Waals surface area contributed by atoms with Gasteiger partial charge in [-0.05, 0) is 23.8 Å². The number of imidazole rings is 1. The third kappa shape index (κ3) is 2.17. The largest absolute Gasteiger partial charge is 0.482 e. The van der Waals surface area contributed by atoms with E-state index < -0.39 is 0 Å². The Morgan fingerprint density at radius 2 is 2.00 bits per heavy atom. The van der Waals surface area contributed by atoms with Gasteiger partial charge in [0.05, 0.1) is 18.8 Å². The van der Waals surface area contributed by atoms with Gasteiger partial charge in [-0.15, -0.1) is 0 Å². The average molecular weight is 273 g/mol. The summed E-state index contributed by atoms with van der Waals surface area (Å²) < 4.78 is 7.39. The van der Waals surface area contributed by atoms with E-state index in [2.05, 4.69) is 4.98 Å². The highest BCUT2D eigenvalue weighted by Gasteiger charge is 2.10. The van der Waals surface area contributed by atoms with E-state index in [-0.39, 0.29) is 0 Å². The van der Waals surface area contributed by atoms with Crippen molar-refractivity contribution in [2.24, 2.45) is 0 Å². The van der Waals surface area contributed by atoms with E-state index in [1.807, 2.05) is 53.1 Å². The molecule has 0 bridgehead atoms. The molecule has 0 aliphatic carbocycles. The van der Waals surface area contributed by atoms with E-state index in [1.54, 1.807) is 7.11 Å². The fourth-order valence-electron chi connectivity index (χ4n) is 2.18. The van der Waals surface area contributed by atoms with Crippen molar-refractivity contribution >= 4 is 17.1 Å². The van der Waals surface area contributed by atoms with Gasteiger partial charge in [0.15, 0.2) is 5.88 Å². The van der Waals surface area contributed by atoms with Crippen LogP contribution in [0.25, 0.3) is 5.52 Å². The maximum absolute atomic E-state index is 6.20. The molecule has 0 fully saturated rings. The van der Waals surface area contributed by atoms with Crippen LogP contribution in [-0.4, -0.2) is 16.5 Å². The van der Waals surface area contributed by atoms with Crippen LogP contribution >= 0.6 is 11.6 Å². The van der Waals surface area contributed by atoms with Crippen LogP contribution in [0.4, 0.5) is 0 Å². The molecule has 0 spiro atoms. The molecule has 2 aromatic heterocycles. The maximum atomic E-state index is 6.20. The molecule has 1 aromatic carbocycles. The van der Waals surface area contributed by atoms with Gasteiger partial charge in [-0.2, -0.15) is 0 Å². The average Bonchev–Trinajstić information content (AvgIpc) is 2.85. The van der Waals surface area contributed by atoms with Crippen LogP contribution in [0.1, 0.15) is 11.4 Å². The molecule has 0 aliphatic rings. The molecule has 3 rings (SSSR count). The van der Waals surface area contributed by atoms with Crippen molar-refractivity contribution in [1.29, 1.82) is 0 Å². The fourth-order valence-corrected chi connectivity index (χ4v) is 2.38. The number of halogens is 1. The number of hydrogen-bond acceptors (Lipinski definition) is 2. The molecule has 0 amide bonds. The standard InChI is InChI=1S/C15H13ClN2O/c1-19-15-8-4-6-12-10-17-14(18(12)15)9-11-5-2-3-7-13(11)16/h2-8,10H,9H2,1H3. The third-order valence-electron chi connectivity index (χ3n) is 3.10. The zero-order valence-corrected chi connectivity index (χ0v) is 11.3. The first-order valence-electron chi connectivity index (χ1n) is 6.02. The number of nitrogens with zero attached hydrogens (tertiary/aromatic N) is 2. The molecule has 3 aromatic rings. The Balaban J connectivity index is 2.09. The monoisotopic (exact) mass is 272 g/mol.